The molecular formula is C19H30N4O. The molecule has 1 aromatic heterocycles. The maximum absolute atomic E-state index is 12.9. The second kappa shape index (κ2) is 7.60. The summed E-state index contributed by atoms with van der Waals surface area (Å²) in [5, 5.41) is 0. The van der Waals surface area contributed by atoms with Crippen LogP contribution in [0.5, 0.6) is 0 Å². The normalized spacial score (nSPS) is 23.2. The van der Waals surface area contributed by atoms with Crippen LogP contribution in [0.3, 0.4) is 0 Å². The van der Waals surface area contributed by atoms with Crippen molar-refractivity contribution in [2.45, 2.75) is 63.8 Å². The van der Waals surface area contributed by atoms with Crippen LogP contribution in [0.4, 0.5) is 0 Å². The highest BCUT2D eigenvalue weighted by Crippen LogP contribution is 2.25. The van der Waals surface area contributed by atoms with Crippen molar-refractivity contribution in [3.05, 3.63) is 23.3 Å². The third-order valence-corrected chi connectivity index (χ3v) is 5.52. The fraction of sp³-hybridized carbons (Fsp3) is 0.737. The molecule has 1 aliphatic heterocycles. The Morgan fingerprint density at radius 2 is 1.92 bits per heavy atom. The minimum Gasteiger partial charge on any atom is -0.337 e. The number of likely N-dealkylation sites (N-methyl/N-ethyl adjacent to an activating group) is 1. The highest BCUT2D eigenvalue weighted by molar-refractivity contribution is 5.92. The Balaban J connectivity index is 1.78. The molecule has 0 N–H and O–H groups in total. The van der Waals surface area contributed by atoms with Crippen molar-refractivity contribution < 1.29 is 4.79 Å². The highest BCUT2D eigenvalue weighted by atomic mass is 16.2. The number of amides is 1. The number of rotatable bonds is 3. The molecule has 1 unspecified atom stereocenters. The number of likely N-dealkylation sites (tertiary alicyclic amines) is 1. The van der Waals surface area contributed by atoms with E-state index in [-0.39, 0.29) is 5.91 Å². The molecule has 0 aromatic carbocycles. The molecule has 0 radical (unpaired) electrons. The third kappa shape index (κ3) is 3.94. The van der Waals surface area contributed by atoms with Gasteiger partial charge in [0.15, 0.2) is 0 Å². The van der Waals surface area contributed by atoms with Crippen LogP contribution in [0, 0.1) is 6.92 Å². The molecular weight excluding hydrogens is 300 g/mol. The fourth-order valence-corrected chi connectivity index (χ4v) is 4.08. The first-order chi connectivity index (χ1) is 11.5. The number of carbonyl (C=O) groups excluding carboxylic acids is 1. The Hall–Kier alpha value is -1.49. The van der Waals surface area contributed by atoms with E-state index >= 15 is 0 Å². The van der Waals surface area contributed by atoms with Crippen LogP contribution in [0.1, 0.15) is 72.9 Å². The van der Waals surface area contributed by atoms with Crippen LogP contribution in [0.25, 0.3) is 0 Å². The average molecular weight is 330 g/mol. The summed E-state index contributed by atoms with van der Waals surface area (Å²) in [6.45, 7) is 4.09. The van der Waals surface area contributed by atoms with Crippen molar-refractivity contribution in [1.82, 2.24) is 19.8 Å². The molecule has 132 valence electrons. The quantitative estimate of drug-likeness (QED) is 0.855. The first kappa shape index (κ1) is 17.3. The van der Waals surface area contributed by atoms with E-state index in [2.05, 4.69) is 21.9 Å². The first-order valence-electron chi connectivity index (χ1n) is 9.36. The zero-order valence-electron chi connectivity index (χ0n) is 15.3. The topological polar surface area (TPSA) is 49.3 Å². The standard InChI is InChI=1S/C19H30N4O/c1-14-12-17(19(24)23(3)16-9-5-4-6-10-16)21-18(20-14)15-8-7-11-22(2)13-15/h12,15-16H,4-11,13H2,1-3H3. The lowest BCUT2D eigenvalue weighted by molar-refractivity contribution is 0.0689. The summed E-state index contributed by atoms with van der Waals surface area (Å²) in [6, 6.07) is 2.21. The molecule has 2 heterocycles. The van der Waals surface area contributed by atoms with Crippen LogP contribution in [-0.4, -0.2) is 58.9 Å². The molecule has 5 heteroatoms. The van der Waals surface area contributed by atoms with Crippen molar-refractivity contribution in [2.75, 3.05) is 27.2 Å². The van der Waals surface area contributed by atoms with Crippen LogP contribution in [-0.2, 0) is 0 Å². The Morgan fingerprint density at radius 3 is 2.62 bits per heavy atom. The average Bonchev–Trinajstić information content (AvgIpc) is 2.60. The van der Waals surface area contributed by atoms with Crippen molar-refractivity contribution in [3.63, 3.8) is 0 Å². The number of hydrogen-bond donors (Lipinski definition) is 0. The highest BCUT2D eigenvalue weighted by Gasteiger charge is 2.26. The van der Waals surface area contributed by atoms with Gasteiger partial charge in [0, 0.05) is 31.2 Å². The number of aryl methyl sites for hydroxylation is 1. The molecule has 0 spiro atoms. The summed E-state index contributed by atoms with van der Waals surface area (Å²) in [5.41, 5.74) is 1.47. The summed E-state index contributed by atoms with van der Waals surface area (Å²) >= 11 is 0. The summed E-state index contributed by atoms with van der Waals surface area (Å²) in [5.74, 6) is 1.25. The van der Waals surface area contributed by atoms with Gasteiger partial charge in [-0.05, 0) is 52.3 Å². The lowest BCUT2D eigenvalue weighted by Gasteiger charge is -2.31. The van der Waals surface area contributed by atoms with E-state index in [0.29, 0.717) is 17.7 Å². The van der Waals surface area contributed by atoms with Gasteiger partial charge in [-0.15, -0.1) is 0 Å². The van der Waals surface area contributed by atoms with E-state index in [1.54, 1.807) is 0 Å². The fourth-order valence-electron chi connectivity index (χ4n) is 4.08. The van der Waals surface area contributed by atoms with Gasteiger partial charge in [-0.1, -0.05) is 19.3 Å². The zero-order valence-corrected chi connectivity index (χ0v) is 15.3. The molecule has 1 aliphatic carbocycles. The molecule has 5 nitrogen and oxygen atoms in total. The molecule has 1 atom stereocenters. The molecule has 1 aromatic rings. The van der Waals surface area contributed by atoms with Crippen molar-refractivity contribution >= 4 is 5.91 Å². The Morgan fingerprint density at radius 1 is 1.17 bits per heavy atom. The predicted octanol–water partition coefficient (Wildman–Crippen LogP) is 3.00. The molecule has 2 fully saturated rings. The minimum absolute atomic E-state index is 0.0535. The van der Waals surface area contributed by atoms with Crippen LogP contribution in [0.15, 0.2) is 6.07 Å². The molecule has 0 bridgehead atoms. The van der Waals surface area contributed by atoms with E-state index in [9.17, 15) is 4.79 Å². The molecule has 2 aliphatic rings. The SMILES string of the molecule is Cc1cc(C(=O)N(C)C2CCCCC2)nc(C2CCCN(C)C2)n1. The number of piperidine rings is 1. The molecule has 3 rings (SSSR count). The van der Waals surface area contributed by atoms with Crippen molar-refractivity contribution in [2.24, 2.45) is 0 Å². The van der Waals surface area contributed by atoms with E-state index in [1.807, 2.05) is 24.9 Å². The monoisotopic (exact) mass is 330 g/mol. The van der Waals surface area contributed by atoms with Gasteiger partial charge in [0.25, 0.3) is 5.91 Å². The van der Waals surface area contributed by atoms with E-state index in [0.717, 1.165) is 43.9 Å². The molecule has 24 heavy (non-hydrogen) atoms. The van der Waals surface area contributed by atoms with Crippen LogP contribution >= 0.6 is 0 Å². The molecule has 1 saturated carbocycles. The minimum atomic E-state index is 0.0535. The van der Waals surface area contributed by atoms with Crippen LogP contribution < -0.4 is 0 Å². The Kier molecular flexibility index (Phi) is 5.49. The summed E-state index contributed by atoms with van der Waals surface area (Å²) in [7, 11) is 4.08. The maximum Gasteiger partial charge on any atom is 0.272 e. The van der Waals surface area contributed by atoms with Gasteiger partial charge < -0.3 is 9.80 Å². The maximum atomic E-state index is 12.9. The summed E-state index contributed by atoms with van der Waals surface area (Å²) in [4.78, 5) is 26.5. The second-order valence-electron chi connectivity index (χ2n) is 7.56. The van der Waals surface area contributed by atoms with Crippen molar-refractivity contribution in [1.29, 1.82) is 0 Å². The smallest absolute Gasteiger partial charge is 0.272 e. The summed E-state index contributed by atoms with van der Waals surface area (Å²) < 4.78 is 0. The van der Waals surface area contributed by atoms with E-state index in [4.69, 9.17) is 0 Å². The van der Waals surface area contributed by atoms with Gasteiger partial charge in [-0.2, -0.15) is 0 Å². The number of nitrogens with zero attached hydrogens (tertiary/aromatic N) is 4. The molecule has 1 saturated heterocycles. The van der Waals surface area contributed by atoms with Gasteiger partial charge in [0.2, 0.25) is 0 Å². The number of carbonyl (C=O) groups is 1. The number of aromatic nitrogens is 2. The van der Waals surface area contributed by atoms with Gasteiger partial charge in [-0.25, -0.2) is 9.97 Å². The van der Waals surface area contributed by atoms with Gasteiger partial charge >= 0.3 is 0 Å². The second-order valence-corrected chi connectivity index (χ2v) is 7.56. The predicted molar refractivity (Wildman–Crippen MR) is 95.2 cm³/mol. The lowest BCUT2D eigenvalue weighted by Crippen LogP contribution is -2.39. The Bertz CT molecular complexity index is 583. The van der Waals surface area contributed by atoms with Gasteiger partial charge in [-0.3, -0.25) is 4.79 Å². The van der Waals surface area contributed by atoms with Crippen molar-refractivity contribution in [3.8, 4) is 0 Å². The summed E-state index contributed by atoms with van der Waals surface area (Å²) in [6.07, 6.45) is 8.27. The van der Waals surface area contributed by atoms with E-state index < -0.39 is 0 Å². The van der Waals surface area contributed by atoms with Gasteiger partial charge in [0.05, 0.1) is 0 Å². The van der Waals surface area contributed by atoms with Crippen LogP contribution in [0.2, 0.25) is 0 Å². The first-order valence-corrected chi connectivity index (χ1v) is 9.36. The molecule has 1 amide bonds. The largest absolute Gasteiger partial charge is 0.337 e. The Labute approximate surface area is 145 Å². The van der Waals surface area contributed by atoms with Gasteiger partial charge in [0.1, 0.15) is 11.5 Å². The zero-order chi connectivity index (χ0) is 17.1. The third-order valence-electron chi connectivity index (χ3n) is 5.52. The number of hydrogen-bond acceptors (Lipinski definition) is 4. The van der Waals surface area contributed by atoms with E-state index in [1.165, 1.54) is 25.7 Å². The lowest BCUT2D eigenvalue weighted by atomic mass is 9.94.